The number of hydrogen-bond acceptors (Lipinski definition) is 5. The van der Waals surface area contributed by atoms with E-state index in [9.17, 15) is 4.79 Å². The molecule has 0 bridgehead atoms. The molecule has 0 fully saturated rings. The molecule has 1 N–H and O–H groups in total. The SMILES string of the molecule is CC(C)c1nnc(NC(=O)c2ccc(CCl)o2)o1. The minimum atomic E-state index is -0.453. The van der Waals surface area contributed by atoms with Gasteiger partial charge in [0.2, 0.25) is 5.89 Å². The molecule has 0 saturated carbocycles. The van der Waals surface area contributed by atoms with Crippen LogP contribution in [-0.4, -0.2) is 16.1 Å². The van der Waals surface area contributed by atoms with Gasteiger partial charge in [-0.1, -0.05) is 18.9 Å². The lowest BCUT2D eigenvalue weighted by atomic mass is 10.2. The molecule has 0 aromatic carbocycles. The third-order valence-corrected chi connectivity index (χ3v) is 2.44. The fourth-order valence-corrected chi connectivity index (χ4v) is 1.39. The summed E-state index contributed by atoms with van der Waals surface area (Å²) in [4.78, 5) is 11.7. The quantitative estimate of drug-likeness (QED) is 0.863. The second kappa shape index (κ2) is 5.22. The molecule has 0 aliphatic rings. The smallest absolute Gasteiger partial charge is 0.322 e. The van der Waals surface area contributed by atoms with Crippen molar-refractivity contribution in [3.8, 4) is 0 Å². The number of alkyl halides is 1. The Balaban J connectivity index is 2.06. The van der Waals surface area contributed by atoms with Crippen LogP contribution in [0, 0.1) is 0 Å². The summed E-state index contributed by atoms with van der Waals surface area (Å²) in [6.07, 6.45) is 0. The molecule has 2 heterocycles. The van der Waals surface area contributed by atoms with Crippen molar-refractivity contribution in [3.63, 3.8) is 0 Å². The zero-order valence-corrected chi connectivity index (χ0v) is 10.7. The van der Waals surface area contributed by atoms with Gasteiger partial charge in [-0.15, -0.1) is 16.7 Å². The van der Waals surface area contributed by atoms with Crippen molar-refractivity contribution in [3.05, 3.63) is 29.5 Å². The van der Waals surface area contributed by atoms with Crippen molar-refractivity contribution in [2.45, 2.75) is 25.6 Å². The van der Waals surface area contributed by atoms with Gasteiger partial charge < -0.3 is 8.83 Å². The average molecular weight is 270 g/mol. The fraction of sp³-hybridized carbons (Fsp3) is 0.364. The molecule has 2 aromatic rings. The van der Waals surface area contributed by atoms with Gasteiger partial charge in [-0.3, -0.25) is 10.1 Å². The second-order valence-corrected chi connectivity index (χ2v) is 4.22. The molecule has 0 saturated heterocycles. The molecule has 0 radical (unpaired) electrons. The molecule has 0 atom stereocenters. The number of rotatable bonds is 4. The highest BCUT2D eigenvalue weighted by atomic mass is 35.5. The van der Waals surface area contributed by atoms with E-state index in [1.54, 1.807) is 6.07 Å². The highest BCUT2D eigenvalue weighted by Crippen LogP contribution is 2.16. The zero-order chi connectivity index (χ0) is 13.1. The predicted octanol–water partition coefficient (Wildman–Crippen LogP) is 2.78. The minimum absolute atomic E-state index is 0.0486. The number of amides is 1. The van der Waals surface area contributed by atoms with Gasteiger partial charge in [0.15, 0.2) is 5.76 Å². The maximum atomic E-state index is 11.7. The van der Waals surface area contributed by atoms with Crippen molar-refractivity contribution >= 4 is 23.5 Å². The van der Waals surface area contributed by atoms with E-state index in [0.717, 1.165) is 0 Å². The van der Waals surface area contributed by atoms with Crippen LogP contribution in [0.1, 0.15) is 42.0 Å². The van der Waals surface area contributed by atoms with E-state index in [4.69, 9.17) is 20.4 Å². The summed E-state index contributed by atoms with van der Waals surface area (Å²) < 4.78 is 10.4. The van der Waals surface area contributed by atoms with Gasteiger partial charge >= 0.3 is 6.01 Å². The van der Waals surface area contributed by atoms with Crippen molar-refractivity contribution in [2.24, 2.45) is 0 Å². The first kappa shape index (κ1) is 12.6. The number of halogens is 1. The largest absolute Gasteiger partial charge is 0.455 e. The lowest BCUT2D eigenvalue weighted by molar-refractivity contribution is 0.0992. The van der Waals surface area contributed by atoms with Gasteiger partial charge in [0, 0.05) is 5.92 Å². The highest BCUT2D eigenvalue weighted by molar-refractivity contribution is 6.16. The van der Waals surface area contributed by atoms with Crippen molar-refractivity contribution in [1.29, 1.82) is 0 Å². The standard InChI is InChI=1S/C11H12ClN3O3/c1-6(2)10-14-15-11(18-10)13-9(16)8-4-3-7(5-12)17-8/h3-4,6H,5H2,1-2H3,(H,13,15,16). The number of nitrogens with one attached hydrogen (secondary N) is 1. The Morgan fingerprint density at radius 3 is 2.72 bits per heavy atom. The average Bonchev–Trinajstić information content (AvgIpc) is 2.96. The van der Waals surface area contributed by atoms with Crippen molar-refractivity contribution in [2.75, 3.05) is 5.32 Å². The van der Waals surface area contributed by atoms with Crippen LogP contribution in [0.25, 0.3) is 0 Å². The molecule has 0 unspecified atom stereocenters. The van der Waals surface area contributed by atoms with Gasteiger partial charge in [-0.2, -0.15) is 0 Å². The molecule has 96 valence electrons. The van der Waals surface area contributed by atoms with Crippen LogP contribution in [-0.2, 0) is 5.88 Å². The summed E-state index contributed by atoms with van der Waals surface area (Å²) in [5.74, 6) is 1.00. The summed E-state index contributed by atoms with van der Waals surface area (Å²) in [5, 5.41) is 9.97. The Morgan fingerprint density at radius 1 is 1.39 bits per heavy atom. The van der Waals surface area contributed by atoms with E-state index in [-0.39, 0.29) is 23.6 Å². The molecular weight excluding hydrogens is 258 g/mol. The highest BCUT2D eigenvalue weighted by Gasteiger charge is 2.15. The van der Waals surface area contributed by atoms with Gasteiger partial charge in [-0.05, 0) is 12.1 Å². The van der Waals surface area contributed by atoms with Crippen LogP contribution < -0.4 is 5.32 Å². The number of furan rings is 1. The minimum Gasteiger partial charge on any atom is -0.455 e. The van der Waals surface area contributed by atoms with Gasteiger partial charge in [0.05, 0.1) is 5.88 Å². The summed E-state index contributed by atoms with van der Waals surface area (Å²) >= 11 is 5.58. The molecular formula is C11H12ClN3O3. The normalized spacial score (nSPS) is 10.9. The number of aromatic nitrogens is 2. The zero-order valence-electron chi connectivity index (χ0n) is 9.94. The number of nitrogens with zero attached hydrogens (tertiary/aromatic N) is 2. The van der Waals surface area contributed by atoms with Crippen LogP contribution in [0.3, 0.4) is 0 Å². The van der Waals surface area contributed by atoms with Crippen LogP contribution in [0.4, 0.5) is 6.01 Å². The van der Waals surface area contributed by atoms with E-state index >= 15 is 0 Å². The maximum absolute atomic E-state index is 11.7. The molecule has 6 nitrogen and oxygen atoms in total. The Morgan fingerprint density at radius 2 is 2.17 bits per heavy atom. The molecule has 18 heavy (non-hydrogen) atoms. The van der Waals surface area contributed by atoms with Crippen LogP contribution in [0.2, 0.25) is 0 Å². The Bertz CT molecular complexity index is 547. The Labute approximate surface area is 108 Å². The van der Waals surface area contributed by atoms with Gasteiger partial charge in [-0.25, -0.2) is 0 Å². The summed E-state index contributed by atoms with van der Waals surface area (Å²) in [7, 11) is 0. The van der Waals surface area contributed by atoms with Crippen LogP contribution >= 0.6 is 11.6 Å². The van der Waals surface area contributed by atoms with E-state index in [2.05, 4.69) is 15.5 Å². The first-order valence-electron chi connectivity index (χ1n) is 5.39. The van der Waals surface area contributed by atoms with Gasteiger partial charge in [0.25, 0.3) is 5.91 Å². The molecule has 2 rings (SSSR count). The topological polar surface area (TPSA) is 81.2 Å². The third kappa shape index (κ3) is 2.70. The lowest BCUT2D eigenvalue weighted by Crippen LogP contribution is -2.11. The molecule has 1 amide bonds. The fourth-order valence-electron chi connectivity index (χ4n) is 1.25. The number of carbonyl (C=O) groups excluding carboxylic acids is 1. The summed E-state index contributed by atoms with van der Waals surface area (Å²) in [6.45, 7) is 3.83. The second-order valence-electron chi connectivity index (χ2n) is 3.95. The third-order valence-electron chi connectivity index (χ3n) is 2.17. The van der Waals surface area contributed by atoms with Crippen LogP contribution in [0.15, 0.2) is 21.0 Å². The molecule has 2 aromatic heterocycles. The number of hydrogen-bond donors (Lipinski definition) is 1. The van der Waals surface area contributed by atoms with E-state index < -0.39 is 5.91 Å². The maximum Gasteiger partial charge on any atom is 0.322 e. The molecule has 0 aliphatic carbocycles. The van der Waals surface area contributed by atoms with E-state index in [0.29, 0.717) is 11.7 Å². The number of carbonyl (C=O) groups is 1. The molecule has 7 heteroatoms. The van der Waals surface area contributed by atoms with Crippen LogP contribution in [0.5, 0.6) is 0 Å². The summed E-state index contributed by atoms with van der Waals surface area (Å²) in [5.41, 5.74) is 0. The summed E-state index contributed by atoms with van der Waals surface area (Å²) in [6, 6.07) is 3.22. The predicted molar refractivity (Wildman–Crippen MR) is 64.6 cm³/mol. The molecule has 0 aliphatic heterocycles. The van der Waals surface area contributed by atoms with Crippen molar-refractivity contribution < 1.29 is 13.6 Å². The first-order valence-corrected chi connectivity index (χ1v) is 5.93. The van der Waals surface area contributed by atoms with E-state index in [1.807, 2.05) is 13.8 Å². The Kier molecular flexibility index (Phi) is 3.66. The Hall–Kier alpha value is -1.82. The van der Waals surface area contributed by atoms with Crippen molar-refractivity contribution in [1.82, 2.24) is 10.2 Å². The molecule has 0 spiro atoms. The lowest BCUT2D eigenvalue weighted by Gasteiger charge is -1.97. The monoisotopic (exact) mass is 269 g/mol. The van der Waals surface area contributed by atoms with E-state index in [1.165, 1.54) is 6.07 Å². The number of anilines is 1. The van der Waals surface area contributed by atoms with Gasteiger partial charge in [0.1, 0.15) is 5.76 Å². The first-order chi connectivity index (χ1) is 8.60.